The molecule has 174 valence electrons. The van der Waals surface area contributed by atoms with Crippen molar-refractivity contribution < 1.29 is 18.0 Å². The number of halogens is 3. The van der Waals surface area contributed by atoms with E-state index in [2.05, 4.69) is 20.3 Å². The second-order valence-electron chi connectivity index (χ2n) is 8.28. The lowest BCUT2D eigenvalue weighted by molar-refractivity contribution is -0.122. The molecule has 1 amide bonds. The molecule has 1 fully saturated rings. The van der Waals surface area contributed by atoms with Crippen molar-refractivity contribution in [3.63, 3.8) is 0 Å². The van der Waals surface area contributed by atoms with E-state index in [0.29, 0.717) is 34.9 Å². The molecule has 0 saturated carbocycles. The Kier molecular flexibility index (Phi) is 6.35. The van der Waals surface area contributed by atoms with Gasteiger partial charge in [0.1, 0.15) is 23.3 Å². The van der Waals surface area contributed by atoms with Gasteiger partial charge in [-0.3, -0.25) is 4.79 Å². The highest BCUT2D eigenvalue weighted by Crippen LogP contribution is 2.32. The fourth-order valence-corrected chi connectivity index (χ4v) is 4.19. The largest absolute Gasteiger partial charge is 0.369 e. The van der Waals surface area contributed by atoms with E-state index < -0.39 is 23.8 Å². The molecule has 3 N–H and O–H groups in total. The Morgan fingerprint density at radius 3 is 2.76 bits per heavy atom. The molecule has 1 aliphatic heterocycles. The number of piperidine rings is 1. The van der Waals surface area contributed by atoms with Crippen LogP contribution in [-0.2, 0) is 4.79 Å². The van der Waals surface area contributed by atoms with Crippen LogP contribution in [-0.4, -0.2) is 33.9 Å². The third kappa shape index (κ3) is 4.69. The Balaban J connectivity index is 1.68. The number of primary amides is 1. The predicted octanol–water partition coefficient (Wildman–Crippen LogP) is 4.28. The summed E-state index contributed by atoms with van der Waals surface area (Å²) in [6.07, 6.45) is 0.289. The maximum atomic E-state index is 14.7. The minimum atomic E-state index is -2.90. The van der Waals surface area contributed by atoms with Crippen LogP contribution >= 0.6 is 0 Å². The Labute approximate surface area is 189 Å². The van der Waals surface area contributed by atoms with Gasteiger partial charge in [0.15, 0.2) is 0 Å². The van der Waals surface area contributed by atoms with E-state index in [-0.39, 0.29) is 17.4 Å². The number of nitrogens with two attached hydrogens (primary N) is 1. The highest BCUT2D eigenvalue weighted by Gasteiger charge is 2.25. The Bertz CT molecular complexity index is 1190. The lowest BCUT2D eigenvalue weighted by Crippen LogP contribution is -2.41. The summed E-state index contributed by atoms with van der Waals surface area (Å²) in [5, 5.41) is 3.81. The SMILES string of the molecule is Cc1nc(NC(C)c2cccc(C(F)F)c2F)c2cc(N3CCC[C@@H](C(N)=O)C3)ncc2n1. The minimum absolute atomic E-state index is 0.117. The first-order valence-corrected chi connectivity index (χ1v) is 10.8. The van der Waals surface area contributed by atoms with Gasteiger partial charge in [0.25, 0.3) is 6.43 Å². The van der Waals surface area contributed by atoms with Gasteiger partial charge in [-0.2, -0.15) is 0 Å². The lowest BCUT2D eigenvalue weighted by atomic mass is 9.97. The number of nitrogens with one attached hydrogen (secondary N) is 1. The van der Waals surface area contributed by atoms with Gasteiger partial charge in [-0.15, -0.1) is 0 Å². The summed E-state index contributed by atoms with van der Waals surface area (Å²) in [7, 11) is 0. The molecule has 0 radical (unpaired) electrons. The monoisotopic (exact) mass is 458 g/mol. The summed E-state index contributed by atoms with van der Waals surface area (Å²) < 4.78 is 40.9. The third-order valence-corrected chi connectivity index (χ3v) is 5.94. The van der Waals surface area contributed by atoms with Gasteiger partial charge in [-0.05, 0) is 32.8 Å². The zero-order chi connectivity index (χ0) is 23.7. The minimum Gasteiger partial charge on any atom is -0.369 e. The zero-order valence-corrected chi connectivity index (χ0v) is 18.4. The average Bonchev–Trinajstić information content (AvgIpc) is 2.78. The quantitative estimate of drug-likeness (QED) is 0.572. The van der Waals surface area contributed by atoms with Crippen LogP contribution in [0.2, 0.25) is 0 Å². The van der Waals surface area contributed by atoms with Crippen molar-refractivity contribution in [2.45, 2.75) is 39.2 Å². The van der Waals surface area contributed by atoms with Crippen LogP contribution < -0.4 is 16.0 Å². The van der Waals surface area contributed by atoms with Gasteiger partial charge in [0.2, 0.25) is 5.91 Å². The van der Waals surface area contributed by atoms with Gasteiger partial charge in [-0.25, -0.2) is 28.1 Å². The number of carbonyl (C=O) groups excluding carboxylic acids is 1. The number of benzene rings is 1. The molecule has 1 unspecified atom stereocenters. The van der Waals surface area contributed by atoms with Crippen molar-refractivity contribution in [2.75, 3.05) is 23.3 Å². The number of aromatic nitrogens is 3. The molecule has 1 aliphatic rings. The van der Waals surface area contributed by atoms with Crippen LogP contribution in [0, 0.1) is 18.7 Å². The fraction of sp³-hybridized carbons (Fsp3) is 0.391. The molecule has 10 heteroatoms. The molecule has 1 saturated heterocycles. The first kappa shape index (κ1) is 22.8. The third-order valence-electron chi connectivity index (χ3n) is 5.94. The molecule has 3 heterocycles. The van der Waals surface area contributed by atoms with Crippen molar-refractivity contribution in [3.05, 3.63) is 53.2 Å². The molecule has 2 aromatic heterocycles. The number of amides is 1. The maximum Gasteiger partial charge on any atom is 0.266 e. The van der Waals surface area contributed by atoms with Crippen molar-refractivity contribution in [2.24, 2.45) is 11.7 Å². The Morgan fingerprint density at radius 2 is 2.03 bits per heavy atom. The van der Waals surface area contributed by atoms with Crippen molar-refractivity contribution in [1.82, 2.24) is 15.0 Å². The second kappa shape index (κ2) is 9.21. The van der Waals surface area contributed by atoms with E-state index >= 15 is 0 Å². The van der Waals surface area contributed by atoms with Crippen molar-refractivity contribution in [3.8, 4) is 0 Å². The number of nitrogens with zero attached hydrogens (tertiary/aromatic N) is 4. The molecular weight excluding hydrogens is 433 g/mol. The molecular formula is C23H25F3N6O. The number of pyridine rings is 1. The van der Waals surface area contributed by atoms with Crippen LogP contribution in [0.5, 0.6) is 0 Å². The molecule has 7 nitrogen and oxygen atoms in total. The van der Waals surface area contributed by atoms with E-state index in [9.17, 15) is 18.0 Å². The Morgan fingerprint density at radius 1 is 1.27 bits per heavy atom. The second-order valence-corrected chi connectivity index (χ2v) is 8.28. The summed E-state index contributed by atoms with van der Waals surface area (Å²) in [5.41, 5.74) is 5.57. The van der Waals surface area contributed by atoms with E-state index in [0.717, 1.165) is 25.5 Å². The van der Waals surface area contributed by atoms with Crippen LogP contribution in [0.4, 0.5) is 24.8 Å². The predicted molar refractivity (Wildman–Crippen MR) is 120 cm³/mol. The number of carbonyl (C=O) groups is 1. The normalized spacial score (nSPS) is 17.4. The number of rotatable bonds is 6. The summed E-state index contributed by atoms with van der Waals surface area (Å²) >= 11 is 0. The van der Waals surface area contributed by atoms with Gasteiger partial charge in [-0.1, -0.05) is 18.2 Å². The van der Waals surface area contributed by atoms with E-state index in [1.54, 1.807) is 20.0 Å². The molecule has 4 rings (SSSR count). The molecule has 0 aliphatic carbocycles. The van der Waals surface area contributed by atoms with E-state index in [4.69, 9.17) is 5.73 Å². The van der Waals surface area contributed by atoms with Gasteiger partial charge >= 0.3 is 0 Å². The van der Waals surface area contributed by atoms with Crippen LogP contribution in [0.15, 0.2) is 30.5 Å². The fourth-order valence-electron chi connectivity index (χ4n) is 4.19. The topological polar surface area (TPSA) is 97.0 Å². The maximum absolute atomic E-state index is 14.7. The summed E-state index contributed by atoms with van der Waals surface area (Å²) in [5.74, 6) is 0.0782. The number of alkyl halides is 2. The molecule has 3 aromatic rings. The average molecular weight is 458 g/mol. The summed E-state index contributed by atoms with van der Waals surface area (Å²) in [4.78, 5) is 27.0. The summed E-state index contributed by atoms with van der Waals surface area (Å²) in [6, 6.07) is 5.15. The van der Waals surface area contributed by atoms with E-state index in [1.807, 2.05) is 11.0 Å². The lowest BCUT2D eigenvalue weighted by Gasteiger charge is -2.32. The van der Waals surface area contributed by atoms with Crippen LogP contribution in [0.3, 0.4) is 0 Å². The molecule has 1 aromatic carbocycles. The number of hydrogen-bond acceptors (Lipinski definition) is 6. The molecule has 33 heavy (non-hydrogen) atoms. The first-order chi connectivity index (χ1) is 15.7. The number of hydrogen-bond donors (Lipinski definition) is 2. The highest BCUT2D eigenvalue weighted by atomic mass is 19.3. The van der Waals surface area contributed by atoms with Crippen molar-refractivity contribution in [1.29, 1.82) is 0 Å². The number of aryl methyl sites for hydroxylation is 1. The van der Waals surface area contributed by atoms with Gasteiger partial charge in [0, 0.05) is 24.0 Å². The molecule has 0 bridgehead atoms. The Hall–Kier alpha value is -3.43. The van der Waals surface area contributed by atoms with Gasteiger partial charge < -0.3 is 16.0 Å². The molecule has 2 atom stereocenters. The molecule has 0 spiro atoms. The smallest absolute Gasteiger partial charge is 0.266 e. The van der Waals surface area contributed by atoms with Crippen LogP contribution in [0.25, 0.3) is 10.9 Å². The van der Waals surface area contributed by atoms with Crippen molar-refractivity contribution >= 4 is 28.4 Å². The zero-order valence-electron chi connectivity index (χ0n) is 18.4. The number of fused-ring (bicyclic) bond motifs is 1. The standard InChI is InChI=1S/C23H25F3N6O/c1-12(15-6-3-7-16(20(15)24)21(25)26)29-23-17-9-19(28-10-18(17)30-13(2)31-23)32-8-4-5-14(11-32)22(27)33/h3,6-7,9-10,12,14,21H,4-5,8,11H2,1-2H3,(H2,27,33)(H,29,30,31)/t12?,14-/m1/s1. The summed E-state index contributed by atoms with van der Waals surface area (Å²) in [6.45, 7) is 4.62. The van der Waals surface area contributed by atoms with Gasteiger partial charge in [0.05, 0.1) is 29.2 Å². The highest BCUT2D eigenvalue weighted by molar-refractivity contribution is 5.90. The van der Waals surface area contributed by atoms with E-state index in [1.165, 1.54) is 12.1 Å². The number of anilines is 2. The van der Waals surface area contributed by atoms with Crippen LogP contribution in [0.1, 0.15) is 49.2 Å². The first-order valence-electron chi connectivity index (χ1n) is 10.8.